The van der Waals surface area contributed by atoms with Gasteiger partial charge in [0.05, 0.1) is 6.04 Å². The largest absolute Gasteiger partial charge is 0.309 e. The van der Waals surface area contributed by atoms with Crippen LogP contribution in [0.25, 0.3) is 9.40 Å². The van der Waals surface area contributed by atoms with Gasteiger partial charge in [-0.2, -0.15) is 0 Å². The molecule has 104 valence electrons. The Balaban J connectivity index is 2.09. The molecule has 0 aliphatic carbocycles. The van der Waals surface area contributed by atoms with Crippen LogP contribution in [0.4, 0.5) is 0 Å². The first-order valence-corrected chi connectivity index (χ1v) is 8.58. The zero-order valence-electron chi connectivity index (χ0n) is 11.7. The molecule has 0 radical (unpaired) electrons. The van der Waals surface area contributed by atoms with Crippen LogP contribution in [-0.4, -0.2) is 7.05 Å². The van der Waals surface area contributed by atoms with E-state index in [0.717, 1.165) is 10.6 Å². The first-order chi connectivity index (χ1) is 9.60. The summed E-state index contributed by atoms with van der Waals surface area (Å²) < 4.78 is 2.74. The highest BCUT2D eigenvalue weighted by Gasteiger charge is 2.18. The lowest BCUT2D eigenvalue weighted by molar-refractivity contribution is 0.699. The second-order valence-corrected chi connectivity index (χ2v) is 7.45. The molecule has 4 heteroatoms. The number of fused-ring (bicyclic) bond motifs is 1. The summed E-state index contributed by atoms with van der Waals surface area (Å²) in [4.78, 5) is 1.36. The van der Waals surface area contributed by atoms with Crippen molar-refractivity contribution in [1.82, 2.24) is 5.32 Å². The lowest BCUT2D eigenvalue weighted by atomic mass is 9.98. The van der Waals surface area contributed by atoms with Crippen molar-refractivity contribution in [3.8, 4) is 0 Å². The Morgan fingerprint density at radius 3 is 2.60 bits per heavy atom. The number of rotatable bonds is 3. The van der Waals surface area contributed by atoms with E-state index in [4.69, 9.17) is 11.6 Å². The fourth-order valence-corrected chi connectivity index (χ4v) is 4.96. The Bertz CT molecular complexity index is 729. The van der Waals surface area contributed by atoms with E-state index >= 15 is 0 Å². The molecule has 2 aromatic heterocycles. The molecule has 0 spiro atoms. The number of benzene rings is 1. The maximum atomic E-state index is 6.21. The van der Waals surface area contributed by atoms with Crippen molar-refractivity contribution < 1.29 is 0 Å². The molecule has 1 N–H and O–H groups in total. The van der Waals surface area contributed by atoms with Crippen LogP contribution in [0.1, 0.15) is 27.6 Å². The van der Waals surface area contributed by atoms with Crippen molar-refractivity contribution in [3.63, 3.8) is 0 Å². The zero-order valence-corrected chi connectivity index (χ0v) is 14.0. The highest BCUT2D eigenvalue weighted by atomic mass is 35.5. The number of hydrogen-bond donors (Lipinski definition) is 1. The first-order valence-electron chi connectivity index (χ1n) is 6.51. The van der Waals surface area contributed by atoms with Crippen molar-refractivity contribution in [2.45, 2.75) is 19.9 Å². The van der Waals surface area contributed by atoms with Crippen molar-refractivity contribution in [3.05, 3.63) is 56.2 Å². The number of aryl methyl sites for hydroxylation is 2. The van der Waals surface area contributed by atoms with Crippen LogP contribution in [0.3, 0.4) is 0 Å². The van der Waals surface area contributed by atoms with Crippen molar-refractivity contribution >= 4 is 43.7 Å². The molecule has 0 amide bonds. The molecule has 2 heterocycles. The Morgan fingerprint density at radius 2 is 1.90 bits per heavy atom. The van der Waals surface area contributed by atoms with Crippen LogP contribution in [0, 0.1) is 13.8 Å². The Hall–Kier alpha value is -0.870. The summed E-state index contributed by atoms with van der Waals surface area (Å²) in [5.74, 6) is 0. The second-order valence-electron chi connectivity index (χ2n) is 4.98. The summed E-state index contributed by atoms with van der Waals surface area (Å²) in [6.45, 7) is 4.19. The van der Waals surface area contributed by atoms with E-state index in [-0.39, 0.29) is 6.04 Å². The van der Waals surface area contributed by atoms with E-state index in [0.29, 0.717) is 0 Å². The van der Waals surface area contributed by atoms with Gasteiger partial charge in [-0.1, -0.05) is 17.7 Å². The van der Waals surface area contributed by atoms with Crippen molar-refractivity contribution in [2.24, 2.45) is 0 Å². The molecule has 3 rings (SSSR count). The van der Waals surface area contributed by atoms with E-state index in [1.165, 1.54) is 25.4 Å². The molecule has 0 fully saturated rings. The number of halogens is 1. The molecular weight excluding hydrogens is 306 g/mol. The molecule has 0 bridgehead atoms. The zero-order chi connectivity index (χ0) is 14.3. The van der Waals surface area contributed by atoms with Gasteiger partial charge in [0.1, 0.15) is 0 Å². The normalized spacial score (nSPS) is 13.0. The van der Waals surface area contributed by atoms with Gasteiger partial charge in [-0.15, -0.1) is 22.7 Å². The predicted molar refractivity (Wildman–Crippen MR) is 91.5 cm³/mol. The molecular formula is C16H16ClNS2. The Morgan fingerprint density at radius 1 is 1.10 bits per heavy atom. The van der Waals surface area contributed by atoms with Gasteiger partial charge in [0.2, 0.25) is 0 Å². The van der Waals surface area contributed by atoms with Gasteiger partial charge in [-0.05, 0) is 61.2 Å². The number of thiophene rings is 2. The fourth-order valence-electron chi connectivity index (χ4n) is 2.49. The van der Waals surface area contributed by atoms with Crippen molar-refractivity contribution in [1.29, 1.82) is 0 Å². The third kappa shape index (κ3) is 2.40. The van der Waals surface area contributed by atoms with Crippen LogP contribution in [-0.2, 0) is 0 Å². The Kier molecular flexibility index (Phi) is 3.87. The van der Waals surface area contributed by atoms with Gasteiger partial charge in [0.25, 0.3) is 0 Å². The maximum absolute atomic E-state index is 6.21. The molecule has 1 aromatic carbocycles. The molecule has 1 nitrogen and oxygen atoms in total. The summed E-state index contributed by atoms with van der Waals surface area (Å²) in [5, 5.41) is 6.44. The minimum absolute atomic E-state index is 0.232. The second kappa shape index (κ2) is 5.49. The number of nitrogens with one attached hydrogen (secondary N) is 1. The quantitative estimate of drug-likeness (QED) is 0.667. The highest BCUT2D eigenvalue weighted by molar-refractivity contribution is 7.27. The topological polar surface area (TPSA) is 12.0 Å². The van der Waals surface area contributed by atoms with Gasteiger partial charge in [0.15, 0.2) is 0 Å². The molecule has 20 heavy (non-hydrogen) atoms. The lowest BCUT2D eigenvalue weighted by Gasteiger charge is -2.19. The van der Waals surface area contributed by atoms with E-state index in [1.807, 2.05) is 18.4 Å². The standard InChI is InChI=1S/C16H16ClNS2/c1-9-7-12(17)10(2)6-11(9)16(18-3)15-8-14-13(20-15)4-5-19-14/h4-8,16,18H,1-3H3. The van der Waals surface area contributed by atoms with Gasteiger partial charge in [-0.25, -0.2) is 0 Å². The summed E-state index contributed by atoms with van der Waals surface area (Å²) in [6, 6.07) is 8.99. The van der Waals surface area contributed by atoms with Crippen LogP contribution >= 0.6 is 34.3 Å². The predicted octanol–water partition coefficient (Wildman–Crippen LogP) is 5.54. The van der Waals surface area contributed by atoms with Gasteiger partial charge in [-0.3, -0.25) is 0 Å². The monoisotopic (exact) mass is 321 g/mol. The molecule has 0 aliphatic rings. The molecule has 0 aliphatic heterocycles. The van der Waals surface area contributed by atoms with Crippen LogP contribution in [0.2, 0.25) is 5.02 Å². The average Bonchev–Trinajstić information content (AvgIpc) is 2.97. The van der Waals surface area contributed by atoms with Gasteiger partial charge < -0.3 is 5.32 Å². The number of hydrogen-bond acceptors (Lipinski definition) is 3. The van der Waals surface area contributed by atoms with E-state index in [1.54, 1.807) is 11.3 Å². The SMILES string of the molecule is CNC(c1cc2sccc2s1)c1cc(C)c(Cl)cc1C. The van der Waals surface area contributed by atoms with Gasteiger partial charge >= 0.3 is 0 Å². The summed E-state index contributed by atoms with van der Waals surface area (Å²) >= 11 is 9.88. The smallest absolute Gasteiger partial charge is 0.0672 e. The van der Waals surface area contributed by atoms with E-state index in [2.05, 4.69) is 48.8 Å². The third-order valence-corrected chi connectivity index (χ3v) is 6.16. The molecule has 1 atom stereocenters. The maximum Gasteiger partial charge on any atom is 0.0672 e. The fraction of sp³-hybridized carbons (Fsp3) is 0.250. The minimum atomic E-state index is 0.232. The molecule has 0 saturated heterocycles. The van der Waals surface area contributed by atoms with Crippen molar-refractivity contribution in [2.75, 3.05) is 7.05 Å². The summed E-state index contributed by atoms with van der Waals surface area (Å²) in [7, 11) is 2.02. The van der Waals surface area contributed by atoms with Crippen LogP contribution < -0.4 is 5.32 Å². The Labute approximate surface area is 132 Å². The minimum Gasteiger partial charge on any atom is -0.309 e. The third-order valence-electron chi connectivity index (χ3n) is 3.59. The highest BCUT2D eigenvalue weighted by Crippen LogP contribution is 2.37. The van der Waals surface area contributed by atoms with E-state index < -0.39 is 0 Å². The van der Waals surface area contributed by atoms with Crippen LogP contribution in [0.5, 0.6) is 0 Å². The summed E-state index contributed by atoms with van der Waals surface area (Å²) in [5.41, 5.74) is 3.67. The summed E-state index contributed by atoms with van der Waals surface area (Å²) in [6.07, 6.45) is 0. The lowest BCUT2D eigenvalue weighted by Crippen LogP contribution is -2.17. The van der Waals surface area contributed by atoms with E-state index in [9.17, 15) is 0 Å². The first kappa shape index (κ1) is 14.1. The van der Waals surface area contributed by atoms with Gasteiger partial charge in [0, 0.05) is 19.3 Å². The molecule has 3 aromatic rings. The average molecular weight is 322 g/mol. The molecule has 1 unspecified atom stereocenters. The van der Waals surface area contributed by atoms with Crippen LogP contribution in [0.15, 0.2) is 29.6 Å². The molecule has 0 saturated carbocycles.